The van der Waals surface area contributed by atoms with Gasteiger partial charge in [-0.25, -0.2) is 0 Å². The van der Waals surface area contributed by atoms with Gasteiger partial charge in [0.15, 0.2) is 0 Å². The second-order valence-electron chi connectivity index (χ2n) is 5.74. The SMILES string of the molecule is CC(=O)C/C(=C\C[Si](C)(C)C)c1ccccc1. The third kappa shape index (κ3) is 5.64. The quantitative estimate of drug-likeness (QED) is 0.704. The third-order valence-corrected chi connectivity index (χ3v) is 3.97. The van der Waals surface area contributed by atoms with E-state index >= 15 is 0 Å². The number of hydrogen-bond donors (Lipinski definition) is 0. The summed E-state index contributed by atoms with van der Waals surface area (Å²) in [6.45, 7) is 8.70. The molecular formula is C15H22OSi. The minimum atomic E-state index is -1.09. The molecule has 1 rings (SSSR count). The Hall–Kier alpha value is -1.15. The van der Waals surface area contributed by atoms with Gasteiger partial charge >= 0.3 is 0 Å². The number of ketones is 1. The fourth-order valence-electron chi connectivity index (χ4n) is 1.64. The van der Waals surface area contributed by atoms with E-state index < -0.39 is 8.07 Å². The lowest BCUT2D eigenvalue weighted by atomic mass is 10.0. The zero-order chi connectivity index (χ0) is 12.9. The summed E-state index contributed by atoms with van der Waals surface area (Å²) in [7, 11) is -1.09. The summed E-state index contributed by atoms with van der Waals surface area (Å²) >= 11 is 0. The molecule has 0 fully saturated rings. The summed E-state index contributed by atoms with van der Waals surface area (Å²) in [6, 6.07) is 11.4. The Balaban J connectivity index is 2.92. The molecule has 1 aromatic carbocycles. The van der Waals surface area contributed by atoms with Crippen LogP contribution in [0, 0.1) is 0 Å². The number of benzene rings is 1. The number of Topliss-reactive ketones (excluding diaryl/α,β-unsaturated/α-hetero) is 1. The van der Waals surface area contributed by atoms with Crippen molar-refractivity contribution >= 4 is 19.4 Å². The van der Waals surface area contributed by atoms with Crippen LogP contribution in [-0.4, -0.2) is 13.9 Å². The van der Waals surface area contributed by atoms with Crippen molar-refractivity contribution in [1.29, 1.82) is 0 Å². The van der Waals surface area contributed by atoms with Crippen LogP contribution in [0.15, 0.2) is 36.4 Å². The van der Waals surface area contributed by atoms with Gasteiger partial charge in [0.25, 0.3) is 0 Å². The van der Waals surface area contributed by atoms with Gasteiger partial charge in [-0.15, -0.1) is 0 Å². The van der Waals surface area contributed by atoms with Crippen LogP contribution in [0.2, 0.25) is 25.7 Å². The van der Waals surface area contributed by atoms with E-state index in [9.17, 15) is 4.79 Å². The van der Waals surface area contributed by atoms with Crippen LogP contribution in [-0.2, 0) is 4.79 Å². The molecule has 0 saturated heterocycles. The largest absolute Gasteiger partial charge is 0.300 e. The molecular weight excluding hydrogens is 224 g/mol. The van der Waals surface area contributed by atoms with Gasteiger partial charge in [-0.05, 0) is 24.1 Å². The number of rotatable bonds is 5. The van der Waals surface area contributed by atoms with Crippen molar-refractivity contribution in [2.24, 2.45) is 0 Å². The van der Waals surface area contributed by atoms with Gasteiger partial charge in [0.1, 0.15) is 5.78 Å². The Labute approximate surface area is 106 Å². The second kappa shape index (κ2) is 5.96. The molecule has 0 amide bonds. The molecule has 1 aromatic rings. The normalized spacial score (nSPS) is 12.6. The van der Waals surface area contributed by atoms with Crippen molar-refractivity contribution in [3.63, 3.8) is 0 Å². The van der Waals surface area contributed by atoms with Crippen molar-refractivity contribution in [3.8, 4) is 0 Å². The van der Waals surface area contributed by atoms with Crippen molar-refractivity contribution in [2.45, 2.75) is 39.0 Å². The summed E-state index contributed by atoms with van der Waals surface area (Å²) in [5.74, 6) is 0.232. The Morgan fingerprint density at radius 3 is 2.24 bits per heavy atom. The van der Waals surface area contributed by atoms with Gasteiger partial charge in [-0.3, -0.25) is 4.79 Å². The molecule has 92 valence electrons. The first kappa shape index (κ1) is 13.9. The zero-order valence-electron chi connectivity index (χ0n) is 11.3. The van der Waals surface area contributed by atoms with Crippen molar-refractivity contribution in [2.75, 3.05) is 0 Å². The van der Waals surface area contributed by atoms with E-state index in [0.717, 1.165) is 6.04 Å². The molecule has 17 heavy (non-hydrogen) atoms. The van der Waals surface area contributed by atoms with Gasteiger partial charge in [0.2, 0.25) is 0 Å². The average Bonchev–Trinajstić information content (AvgIpc) is 2.24. The van der Waals surface area contributed by atoms with Gasteiger partial charge in [0, 0.05) is 14.5 Å². The van der Waals surface area contributed by atoms with Crippen LogP contribution in [0.3, 0.4) is 0 Å². The highest BCUT2D eigenvalue weighted by atomic mass is 28.3. The predicted octanol–water partition coefficient (Wildman–Crippen LogP) is 4.39. The standard InChI is InChI=1S/C15H22OSi/c1-13(16)12-15(10-11-17(2,3)4)14-8-6-5-7-9-14/h5-10H,11-12H2,1-4H3/b15-10+. The van der Waals surface area contributed by atoms with E-state index in [1.165, 1.54) is 11.1 Å². The number of carbonyl (C=O) groups excluding carboxylic acids is 1. The van der Waals surface area contributed by atoms with Crippen LogP contribution in [0.5, 0.6) is 0 Å². The summed E-state index contributed by atoms with van der Waals surface area (Å²) in [5.41, 5.74) is 2.36. The summed E-state index contributed by atoms with van der Waals surface area (Å²) < 4.78 is 0. The lowest BCUT2D eigenvalue weighted by Crippen LogP contribution is -2.17. The first-order valence-electron chi connectivity index (χ1n) is 6.12. The second-order valence-corrected chi connectivity index (χ2v) is 11.3. The Kier molecular flexibility index (Phi) is 4.88. The molecule has 0 aliphatic rings. The molecule has 0 aromatic heterocycles. The number of carbonyl (C=O) groups is 1. The maximum atomic E-state index is 11.3. The van der Waals surface area contributed by atoms with Crippen LogP contribution in [0.25, 0.3) is 5.57 Å². The van der Waals surface area contributed by atoms with Crippen LogP contribution < -0.4 is 0 Å². The fraction of sp³-hybridized carbons (Fsp3) is 0.400. The number of allylic oxidation sites excluding steroid dienone is 2. The van der Waals surface area contributed by atoms with Gasteiger partial charge in [-0.1, -0.05) is 56.0 Å². The highest BCUT2D eigenvalue weighted by molar-refractivity contribution is 6.76. The molecule has 0 bridgehead atoms. The Morgan fingerprint density at radius 2 is 1.76 bits per heavy atom. The summed E-state index contributed by atoms with van der Waals surface area (Å²) in [5, 5.41) is 0. The van der Waals surface area contributed by atoms with E-state index in [0.29, 0.717) is 6.42 Å². The van der Waals surface area contributed by atoms with Crippen molar-refractivity contribution in [3.05, 3.63) is 42.0 Å². The van der Waals surface area contributed by atoms with Gasteiger partial charge < -0.3 is 0 Å². The smallest absolute Gasteiger partial charge is 0.134 e. The van der Waals surface area contributed by atoms with Crippen LogP contribution in [0.4, 0.5) is 0 Å². The average molecular weight is 246 g/mol. The van der Waals surface area contributed by atoms with E-state index in [-0.39, 0.29) is 5.78 Å². The third-order valence-electron chi connectivity index (χ3n) is 2.54. The molecule has 0 heterocycles. The first-order chi connectivity index (χ1) is 7.88. The van der Waals surface area contributed by atoms with E-state index in [1.54, 1.807) is 6.92 Å². The molecule has 0 aliphatic heterocycles. The maximum Gasteiger partial charge on any atom is 0.134 e. The highest BCUT2D eigenvalue weighted by Gasteiger charge is 2.12. The molecule has 0 radical (unpaired) electrons. The summed E-state index contributed by atoms with van der Waals surface area (Å²) in [4.78, 5) is 11.3. The highest BCUT2D eigenvalue weighted by Crippen LogP contribution is 2.21. The van der Waals surface area contributed by atoms with Gasteiger partial charge in [-0.2, -0.15) is 0 Å². The zero-order valence-corrected chi connectivity index (χ0v) is 12.3. The molecule has 0 atom stereocenters. The van der Waals surface area contributed by atoms with Crippen LogP contribution >= 0.6 is 0 Å². The maximum absolute atomic E-state index is 11.3. The molecule has 0 saturated carbocycles. The lowest BCUT2D eigenvalue weighted by molar-refractivity contribution is -0.116. The van der Waals surface area contributed by atoms with Gasteiger partial charge in [0.05, 0.1) is 0 Å². The molecule has 0 N–H and O–H groups in total. The topological polar surface area (TPSA) is 17.1 Å². The summed E-state index contributed by atoms with van der Waals surface area (Å²) in [6.07, 6.45) is 2.82. The molecule has 2 heteroatoms. The van der Waals surface area contributed by atoms with E-state index in [4.69, 9.17) is 0 Å². The fourth-order valence-corrected chi connectivity index (χ4v) is 2.50. The minimum absolute atomic E-state index is 0.232. The van der Waals surface area contributed by atoms with Crippen LogP contribution in [0.1, 0.15) is 18.9 Å². The van der Waals surface area contributed by atoms with E-state index in [1.807, 2.05) is 18.2 Å². The van der Waals surface area contributed by atoms with Crippen molar-refractivity contribution in [1.82, 2.24) is 0 Å². The van der Waals surface area contributed by atoms with Crippen molar-refractivity contribution < 1.29 is 4.79 Å². The number of hydrogen-bond acceptors (Lipinski definition) is 1. The monoisotopic (exact) mass is 246 g/mol. The Morgan fingerprint density at radius 1 is 1.18 bits per heavy atom. The van der Waals surface area contributed by atoms with E-state index in [2.05, 4.69) is 37.8 Å². The minimum Gasteiger partial charge on any atom is -0.300 e. The molecule has 0 unspecified atom stereocenters. The Bertz CT molecular complexity index is 399. The molecule has 0 spiro atoms. The predicted molar refractivity (Wildman–Crippen MR) is 77.9 cm³/mol. The molecule has 0 aliphatic carbocycles. The molecule has 1 nitrogen and oxygen atoms in total. The lowest BCUT2D eigenvalue weighted by Gasteiger charge is -2.14. The first-order valence-corrected chi connectivity index (χ1v) is 9.83.